The quantitative estimate of drug-likeness (QED) is 0.880. The van der Waals surface area contributed by atoms with Crippen LogP contribution < -0.4 is 5.32 Å². The normalized spacial score (nSPS) is 20.2. The molecule has 0 bridgehead atoms. The minimum absolute atomic E-state index is 0.0772. The lowest BCUT2D eigenvalue weighted by atomic mass is 9.91. The van der Waals surface area contributed by atoms with E-state index in [4.69, 9.17) is 4.74 Å². The molecule has 2 aliphatic heterocycles. The second-order valence-electron chi connectivity index (χ2n) is 5.87. The summed E-state index contributed by atoms with van der Waals surface area (Å²) in [6, 6.07) is 9.99. The number of carbonyl (C=O) groups excluding carboxylic acids is 2. The zero-order valence-corrected chi connectivity index (χ0v) is 12.8. The van der Waals surface area contributed by atoms with Gasteiger partial charge in [-0.15, -0.1) is 11.3 Å². The Morgan fingerprint density at radius 1 is 1.27 bits per heavy atom. The maximum Gasteiger partial charge on any atom is 0.407 e. The summed E-state index contributed by atoms with van der Waals surface area (Å²) in [5.74, 6) is 0.0772. The first-order chi connectivity index (χ1) is 10.7. The average Bonchev–Trinajstić information content (AvgIpc) is 3.11. The van der Waals surface area contributed by atoms with Gasteiger partial charge in [0.25, 0.3) is 5.91 Å². The summed E-state index contributed by atoms with van der Waals surface area (Å²) in [7, 11) is 0. The molecule has 22 heavy (non-hydrogen) atoms. The van der Waals surface area contributed by atoms with Gasteiger partial charge < -0.3 is 15.0 Å². The first kappa shape index (κ1) is 13.6. The zero-order valence-electron chi connectivity index (χ0n) is 12.0. The van der Waals surface area contributed by atoms with Crippen LogP contribution in [0.4, 0.5) is 4.79 Å². The van der Waals surface area contributed by atoms with Gasteiger partial charge in [-0.1, -0.05) is 18.2 Å². The molecule has 0 aliphatic carbocycles. The highest BCUT2D eigenvalue weighted by atomic mass is 32.1. The number of hydrogen-bond donors (Lipinski definition) is 1. The minimum Gasteiger partial charge on any atom is -0.441 e. The molecule has 6 heteroatoms. The molecule has 4 rings (SSSR count). The van der Waals surface area contributed by atoms with Crippen LogP contribution in [0.25, 0.3) is 10.1 Å². The summed E-state index contributed by atoms with van der Waals surface area (Å²) in [5.41, 5.74) is -0.409. The fraction of sp³-hybridized carbons (Fsp3) is 0.375. The maximum atomic E-state index is 12.6. The number of nitrogens with one attached hydrogen (secondary N) is 1. The number of nitrogens with zero attached hydrogens (tertiary/aromatic N) is 1. The molecule has 2 aromatic rings. The van der Waals surface area contributed by atoms with Crippen LogP contribution in [-0.2, 0) is 4.74 Å². The lowest BCUT2D eigenvalue weighted by Crippen LogP contribution is -2.48. The third-order valence-corrected chi connectivity index (χ3v) is 5.57. The summed E-state index contributed by atoms with van der Waals surface area (Å²) in [5, 5.41) is 3.82. The number of benzene rings is 1. The molecule has 0 saturated carbocycles. The van der Waals surface area contributed by atoms with E-state index < -0.39 is 5.60 Å². The lowest BCUT2D eigenvalue weighted by Gasteiger charge is -2.36. The van der Waals surface area contributed by atoms with Crippen LogP contribution in [0.15, 0.2) is 30.3 Å². The second kappa shape index (κ2) is 4.98. The topological polar surface area (TPSA) is 58.6 Å². The van der Waals surface area contributed by atoms with E-state index in [-0.39, 0.29) is 12.0 Å². The van der Waals surface area contributed by atoms with Gasteiger partial charge in [0, 0.05) is 30.6 Å². The van der Waals surface area contributed by atoms with Gasteiger partial charge in [-0.2, -0.15) is 0 Å². The Morgan fingerprint density at radius 3 is 2.73 bits per heavy atom. The van der Waals surface area contributed by atoms with Crippen molar-refractivity contribution >= 4 is 33.4 Å². The maximum absolute atomic E-state index is 12.6. The van der Waals surface area contributed by atoms with Gasteiger partial charge in [0.15, 0.2) is 0 Å². The number of fused-ring (bicyclic) bond motifs is 1. The van der Waals surface area contributed by atoms with Crippen LogP contribution in [0.2, 0.25) is 0 Å². The molecular formula is C16H16N2O3S. The summed E-state index contributed by atoms with van der Waals surface area (Å²) in [4.78, 5) is 26.5. The van der Waals surface area contributed by atoms with Crippen LogP contribution in [0.1, 0.15) is 22.5 Å². The van der Waals surface area contributed by atoms with E-state index in [9.17, 15) is 9.59 Å². The van der Waals surface area contributed by atoms with Gasteiger partial charge in [-0.25, -0.2) is 4.79 Å². The standard InChI is InChI=1S/C16H16N2O3S/c19-14(13-9-11-3-1-2-4-12(11)22-13)18-7-5-16(6-8-18)10-17-15(20)21-16/h1-4,9H,5-8,10H2,(H,17,20). The molecule has 0 unspecified atom stereocenters. The van der Waals surface area contributed by atoms with Crippen molar-refractivity contribution in [2.45, 2.75) is 18.4 Å². The number of alkyl carbamates (subject to hydrolysis) is 1. The molecule has 3 heterocycles. The molecule has 2 aliphatic rings. The second-order valence-corrected chi connectivity index (χ2v) is 6.95. The summed E-state index contributed by atoms with van der Waals surface area (Å²) in [6.07, 6.45) is 1.05. The van der Waals surface area contributed by atoms with Crippen molar-refractivity contribution < 1.29 is 14.3 Å². The predicted octanol–water partition coefficient (Wildman–Crippen LogP) is 2.62. The zero-order chi connectivity index (χ0) is 15.2. The van der Waals surface area contributed by atoms with Crippen LogP contribution in [0, 0.1) is 0 Å². The Bertz CT molecular complexity index is 714. The molecule has 2 fully saturated rings. The Hall–Kier alpha value is -2.08. The number of ether oxygens (including phenoxy) is 1. The van der Waals surface area contributed by atoms with Crippen molar-refractivity contribution in [1.82, 2.24) is 10.2 Å². The van der Waals surface area contributed by atoms with Gasteiger partial charge >= 0.3 is 6.09 Å². The van der Waals surface area contributed by atoms with Gasteiger partial charge in [0.2, 0.25) is 0 Å². The highest BCUT2D eigenvalue weighted by Crippen LogP contribution is 2.31. The predicted molar refractivity (Wildman–Crippen MR) is 84.2 cm³/mol. The van der Waals surface area contributed by atoms with Crippen molar-refractivity contribution in [3.8, 4) is 0 Å². The molecule has 114 valence electrons. The van der Waals surface area contributed by atoms with Crippen LogP contribution in [0.5, 0.6) is 0 Å². The van der Waals surface area contributed by atoms with E-state index in [1.54, 1.807) is 0 Å². The van der Waals surface area contributed by atoms with Crippen molar-refractivity contribution in [2.75, 3.05) is 19.6 Å². The largest absolute Gasteiger partial charge is 0.441 e. The third kappa shape index (κ3) is 2.23. The highest BCUT2D eigenvalue weighted by Gasteiger charge is 2.43. The third-order valence-electron chi connectivity index (χ3n) is 4.46. The number of likely N-dealkylation sites (tertiary alicyclic amines) is 1. The number of piperidine rings is 1. The fourth-order valence-corrected chi connectivity index (χ4v) is 4.17. The van der Waals surface area contributed by atoms with E-state index in [1.807, 2.05) is 35.2 Å². The molecule has 1 aromatic carbocycles. The highest BCUT2D eigenvalue weighted by molar-refractivity contribution is 7.20. The monoisotopic (exact) mass is 316 g/mol. The number of rotatable bonds is 1. The van der Waals surface area contributed by atoms with Gasteiger partial charge in [0.05, 0.1) is 11.4 Å². The van der Waals surface area contributed by atoms with E-state index in [2.05, 4.69) is 5.32 Å². The minimum atomic E-state index is -0.409. The molecule has 2 saturated heterocycles. The van der Waals surface area contributed by atoms with Gasteiger partial charge in [0.1, 0.15) is 5.60 Å². The molecule has 5 nitrogen and oxygen atoms in total. The Morgan fingerprint density at radius 2 is 2.05 bits per heavy atom. The lowest BCUT2D eigenvalue weighted by molar-refractivity contribution is 0.00345. The molecule has 1 spiro atoms. The van der Waals surface area contributed by atoms with Crippen LogP contribution in [-0.4, -0.2) is 42.1 Å². The number of thiophene rings is 1. The first-order valence-electron chi connectivity index (χ1n) is 7.40. The van der Waals surface area contributed by atoms with Crippen molar-refractivity contribution in [3.63, 3.8) is 0 Å². The Balaban J connectivity index is 1.49. The smallest absolute Gasteiger partial charge is 0.407 e. The molecule has 0 atom stereocenters. The van der Waals surface area contributed by atoms with E-state index in [1.165, 1.54) is 11.3 Å². The Kier molecular flexibility index (Phi) is 3.07. The number of carbonyl (C=O) groups is 2. The first-order valence-corrected chi connectivity index (χ1v) is 8.22. The number of amides is 2. The molecule has 0 radical (unpaired) electrons. The van der Waals surface area contributed by atoms with Crippen LogP contribution >= 0.6 is 11.3 Å². The Labute approximate surface area is 131 Å². The summed E-state index contributed by atoms with van der Waals surface area (Å²) < 4.78 is 6.52. The summed E-state index contributed by atoms with van der Waals surface area (Å²) in [6.45, 7) is 1.81. The van der Waals surface area contributed by atoms with Crippen molar-refractivity contribution in [3.05, 3.63) is 35.2 Å². The van der Waals surface area contributed by atoms with Crippen molar-refractivity contribution in [2.24, 2.45) is 0 Å². The van der Waals surface area contributed by atoms with Crippen molar-refractivity contribution in [1.29, 1.82) is 0 Å². The molecule has 1 N–H and O–H groups in total. The van der Waals surface area contributed by atoms with E-state index >= 15 is 0 Å². The number of hydrogen-bond acceptors (Lipinski definition) is 4. The van der Waals surface area contributed by atoms with Gasteiger partial charge in [-0.3, -0.25) is 4.79 Å². The summed E-state index contributed by atoms with van der Waals surface area (Å²) >= 11 is 1.53. The fourth-order valence-electron chi connectivity index (χ4n) is 3.14. The molecular weight excluding hydrogens is 300 g/mol. The molecule has 1 aromatic heterocycles. The van der Waals surface area contributed by atoms with E-state index in [0.29, 0.717) is 32.5 Å². The van der Waals surface area contributed by atoms with Crippen LogP contribution in [0.3, 0.4) is 0 Å². The SMILES string of the molecule is O=C1NCC2(CCN(C(=O)c3cc4ccccc4s3)CC2)O1. The van der Waals surface area contributed by atoms with E-state index in [0.717, 1.165) is 15.0 Å². The molecule has 2 amide bonds. The van der Waals surface area contributed by atoms with Gasteiger partial charge in [-0.05, 0) is 17.5 Å². The average molecular weight is 316 g/mol.